The average molecular weight is 455 g/mol. The van der Waals surface area contributed by atoms with Gasteiger partial charge in [-0.1, -0.05) is 12.8 Å². The highest BCUT2D eigenvalue weighted by atomic mass is 16.5. The third-order valence-electron chi connectivity index (χ3n) is 5.45. The molecule has 4 N–H and O–H groups in total. The zero-order chi connectivity index (χ0) is 23.6. The molecule has 0 aromatic heterocycles. The second-order valence-electron chi connectivity index (χ2n) is 7.79. The molecule has 0 spiro atoms. The maximum Gasteiger partial charge on any atom is 0.319 e. The summed E-state index contributed by atoms with van der Waals surface area (Å²) in [5.74, 6) is 0.982. The molecule has 0 saturated heterocycles. The Morgan fingerprint density at radius 3 is 2.03 bits per heavy atom. The van der Waals surface area contributed by atoms with Crippen LogP contribution >= 0.6 is 0 Å². The summed E-state index contributed by atoms with van der Waals surface area (Å²) in [5, 5.41) is 11.0. The smallest absolute Gasteiger partial charge is 0.319 e. The van der Waals surface area contributed by atoms with Crippen molar-refractivity contribution in [3.63, 3.8) is 0 Å². The van der Waals surface area contributed by atoms with Crippen LogP contribution in [0.4, 0.5) is 16.2 Å². The normalized spacial score (nSPS) is 13.2. The van der Waals surface area contributed by atoms with Gasteiger partial charge >= 0.3 is 6.03 Å². The van der Waals surface area contributed by atoms with E-state index in [1.807, 2.05) is 0 Å². The van der Waals surface area contributed by atoms with E-state index < -0.39 is 6.03 Å². The minimum Gasteiger partial charge on any atom is -0.497 e. The minimum atomic E-state index is -0.415. The van der Waals surface area contributed by atoms with Crippen molar-refractivity contribution in [2.75, 3.05) is 37.9 Å². The Bertz CT molecular complexity index is 949. The van der Waals surface area contributed by atoms with Gasteiger partial charge in [0.25, 0.3) is 5.91 Å². The molecule has 0 heterocycles. The van der Waals surface area contributed by atoms with Gasteiger partial charge in [0.15, 0.2) is 0 Å². The van der Waals surface area contributed by atoms with Crippen LogP contribution in [-0.2, 0) is 4.79 Å². The molecule has 1 saturated carbocycles. The van der Waals surface area contributed by atoms with E-state index in [1.165, 1.54) is 14.2 Å². The van der Waals surface area contributed by atoms with Crippen LogP contribution in [0.15, 0.2) is 42.5 Å². The minimum absolute atomic E-state index is 0.0430. The molecule has 9 heteroatoms. The van der Waals surface area contributed by atoms with E-state index in [2.05, 4.69) is 21.3 Å². The second kappa shape index (κ2) is 11.8. The lowest BCUT2D eigenvalue weighted by molar-refractivity contribution is -0.119. The summed E-state index contributed by atoms with van der Waals surface area (Å²) in [6.07, 6.45) is 4.07. The topological polar surface area (TPSA) is 118 Å². The first kappa shape index (κ1) is 23.9. The number of amides is 4. The molecule has 33 heavy (non-hydrogen) atoms. The zero-order valence-electron chi connectivity index (χ0n) is 18.9. The molecule has 0 radical (unpaired) electrons. The number of rotatable bonds is 9. The number of carbonyl (C=O) groups excluding carboxylic acids is 3. The van der Waals surface area contributed by atoms with Crippen molar-refractivity contribution in [1.82, 2.24) is 10.6 Å². The first-order valence-corrected chi connectivity index (χ1v) is 11.0. The number of hydrogen-bond acceptors (Lipinski definition) is 5. The molecule has 2 aromatic rings. The zero-order valence-corrected chi connectivity index (χ0v) is 18.9. The maximum atomic E-state index is 12.3. The number of nitrogens with one attached hydrogen (secondary N) is 4. The monoisotopic (exact) mass is 454 g/mol. The first-order chi connectivity index (χ1) is 16.0. The molecule has 1 aliphatic rings. The van der Waals surface area contributed by atoms with Crippen LogP contribution in [0.2, 0.25) is 0 Å². The van der Waals surface area contributed by atoms with E-state index in [1.54, 1.807) is 42.5 Å². The molecule has 0 aliphatic heterocycles. The maximum absolute atomic E-state index is 12.3. The number of ether oxygens (including phenoxy) is 2. The summed E-state index contributed by atoms with van der Waals surface area (Å²) in [6.45, 7) is 0.502. The Balaban J connectivity index is 1.39. The Morgan fingerprint density at radius 1 is 0.818 bits per heavy atom. The van der Waals surface area contributed by atoms with Crippen molar-refractivity contribution in [2.45, 2.75) is 25.7 Å². The van der Waals surface area contributed by atoms with Gasteiger partial charge in [0, 0.05) is 54.1 Å². The van der Waals surface area contributed by atoms with Crippen LogP contribution in [0.1, 0.15) is 36.0 Å². The summed E-state index contributed by atoms with van der Waals surface area (Å²) < 4.78 is 10.4. The van der Waals surface area contributed by atoms with Crippen molar-refractivity contribution in [2.24, 2.45) is 5.92 Å². The standard InChI is InChI=1S/C24H30N4O5/c1-32-20-13-19(14-21(15-20)33-2)28-24(31)26-12-11-25-22(29)17-7-9-18(10-8-17)27-23(30)16-5-3-4-6-16/h7-10,13-16H,3-6,11-12H2,1-2H3,(H,25,29)(H,27,30)(H2,26,28,31). The molecule has 176 valence electrons. The fourth-order valence-electron chi connectivity index (χ4n) is 3.65. The van der Waals surface area contributed by atoms with Crippen molar-refractivity contribution < 1.29 is 23.9 Å². The summed E-state index contributed by atoms with van der Waals surface area (Å²) in [6, 6.07) is 11.4. The van der Waals surface area contributed by atoms with E-state index >= 15 is 0 Å². The predicted octanol–water partition coefficient (Wildman–Crippen LogP) is 3.38. The number of benzene rings is 2. The van der Waals surface area contributed by atoms with Crippen molar-refractivity contribution in [3.05, 3.63) is 48.0 Å². The van der Waals surface area contributed by atoms with Crippen molar-refractivity contribution in [1.29, 1.82) is 0 Å². The van der Waals surface area contributed by atoms with Gasteiger partial charge in [-0.2, -0.15) is 0 Å². The summed E-state index contributed by atoms with van der Waals surface area (Å²) in [7, 11) is 3.06. The number of carbonyl (C=O) groups is 3. The van der Waals surface area contributed by atoms with E-state index in [4.69, 9.17) is 9.47 Å². The molecule has 2 aromatic carbocycles. The Hall–Kier alpha value is -3.75. The van der Waals surface area contributed by atoms with Crippen LogP contribution in [0, 0.1) is 5.92 Å². The van der Waals surface area contributed by atoms with Gasteiger partial charge in [-0.25, -0.2) is 4.79 Å². The fraction of sp³-hybridized carbons (Fsp3) is 0.375. The Kier molecular flexibility index (Phi) is 8.51. The van der Waals surface area contributed by atoms with Gasteiger partial charge in [0.1, 0.15) is 11.5 Å². The van der Waals surface area contributed by atoms with Crippen LogP contribution in [0.3, 0.4) is 0 Å². The SMILES string of the molecule is COc1cc(NC(=O)NCCNC(=O)c2ccc(NC(=O)C3CCCC3)cc2)cc(OC)c1. The van der Waals surface area contributed by atoms with Gasteiger partial charge in [-0.15, -0.1) is 0 Å². The molecule has 4 amide bonds. The molecule has 0 unspecified atom stereocenters. The fourth-order valence-corrected chi connectivity index (χ4v) is 3.65. The number of methoxy groups -OCH3 is 2. The highest BCUT2D eigenvalue weighted by molar-refractivity contribution is 5.96. The van der Waals surface area contributed by atoms with E-state index in [9.17, 15) is 14.4 Å². The van der Waals surface area contributed by atoms with Crippen LogP contribution in [0.25, 0.3) is 0 Å². The van der Waals surface area contributed by atoms with Crippen LogP contribution < -0.4 is 30.7 Å². The molecule has 1 aliphatic carbocycles. The second-order valence-corrected chi connectivity index (χ2v) is 7.79. The van der Waals surface area contributed by atoms with Crippen LogP contribution in [0.5, 0.6) is 11.5 Å². The third-order valence-corrected chi connectivity index (χ3v) is 5.45. The number of anilines is 2. The summed E-state index contributed by atoms with van der Waals surface area (Å²) in [5.41, 5.74) is 1.67. The Morgan fingerprint density at radius 2 is 1.42 bits per heavy atom. The quantitative estimate of drug-likeness (QED) is 0.433. The van der Waals surface area contributed by atoms with Gasteiger partial charge in [0.2, 0.25) is 5.91 Å². The van der Waals surface area contributed by atoms with Gasteiger partial charge in [-0.05, 0) is 37.1 Å². The molecule has 3 rings (SSSR count). The highest BCUT2D eigenvalue weighted by Crippen LogP contribution is 2.26. The summed E-state index contributed by atoms with van der Waals surface area (Å²) in [4.78, 5) is 36.6. The van der Waals surface area contributed by atoms with Gasteiger partial charge < -0.3 is 30.7 Å². The van der Waals surface area contributed by atoms with Crippen molar-refractivity contribution in [3.8, 4) is 11.5 Å². The predicted molar refractivity (Wildman–Crippen MR) is 126 cm³/mol. The summed E-state index contributed by atoms with van der Waals surface area (Å²) >= 11 is 0. The molecule has 9 nitrogen and oxygen atoms in total. The van der Waals surface area contributed by atoms with E-state index in [-0.39, 0.29) is 30.8 Å². The van der Waals surface area contributed by atoms with E-state index in [0.29, 0.717) is 28.4 Å². The number of urea groups is 1. The first-order valence-electron chi connectivity index (χ1n) is 11.0. The number of hydrogen-bond donors (Lipinski definition) is 4. The average Bonchev–Trinajstić information content (AvgIpc) is 3.37. The lowest BCUT2D eigenvalue weighted by Crippen LogP contribution is -2.36. The highest BCUT2D eigenvalue weighted by Gasteiger charge is 2.22. The third kappa shape index (κ3) is 7.13. The molecule has 0 atom stereocenters. The molecule has 1 fully saturated rings. The lowest BCUT2D eigenvalue weighted by atomic mass is 10.1. The lowest BCUT2D eigenvalue weighted by Gasteiger charge is -2.12. The molecular weight excluding hydrogens is 424 g/mol. The van der Waals surface area contributed by atoms with E-state index in [0.717, 1.165) is 25.7 Å². The van der Waals surface area contributed by atoms with Crippen molar-refractivity contribution >= 4 is 29.2 Å². The van der Waals surface area contributed by atoms with Crippen LogP contribution in [-0.4, -0.2) is 45.2 Å². The van der Waals surface area contributed by atoms with Gasteiger partial charge in [-0.3, -0.25) is 9.59 Å². The molecule has 0 bridgehead atoms. The Labute approximate surface area is 193 Å². The largest absolute Gasteiger partial charge is 0.497 e. The molecular formula is C24H30N4O5. The van der Waals surface area contributed by atoms with Gasteiger partial charge in [0.05, 0.1) is 14.2 Å².